The quantitative estimate of drug-likeness (QED) is 0.835. The van der Waals surface area contributed by atoms with Crippen molar-refractivity contribution < 1.29 is 18.0 Å². The van der Waals surface area contributed by atoms with Crippen LogP contribution in [0.3, 0.4) is 0 Å². The first kappa shape index (κ1) is 14.5. The van der Waals surface area contributed by atoms with Crippen LogP contribution >= 0.6 is 11.6 Å². The zero-order chi connectivity index (χ0) is 13.9. The highest BCUT2D eigenvalue weighted by Crippen LogP contribution is 2.23. The summed E-state index contributed by atoms with van der Waals surface area (Å²) in [4.78, 5) is 10.6. The Morgan fingerprint density at radius 1 is 1.39 bits per heavy atom. The Bertz CT molecular complexity index is 450. The van der Waals surface area contributed by atoms with Gasteiger partial charge >= 0.3 is 12.1 Å². The van der Waals surface area contributed by atoms with Crippen molar-refractivity contribution in [3.8, 4) is 0 Å². The van der Waals surface area contributed by atoms with E-state index in [-0.39, 0.29) is 16.9 Å². The van der Waals surface area contributed by atoms with Crippen molar-refractivity contribution in [3.63, 3.8) is 0 Å². The lowest BCUT2D eigenvalue weighted by Gasteiger charge is -2.11. The van der Waals surface area contributed by atoms with E-state index in [1.54, 1.807) is 0 Å². The van der Waals surface area contributed by atoms with Crippen molar-refractivity contribution in [3.05, 3.63) is 16.8 Å². The van der Waals surface area contributed by atoms with Gasteiger partial charge in [0.05, 0.1) is 0 Å². The molecule has 0 aliphatic carbocycles. The van der Waals surface area contributed by atoms with Crippen LogP contribution in [0, 0.1) is 0 Å². The largest absolute Gasteiger partial charge is 0.472 e. The monoisotopic (exact) mass is 282 g/mol. The number of carbonyl (C=O) groups is 1. The van der Waals surface area contributed by atoms with E-state index in [4.69, 9.17) is 11.6 Å². The molecule has 1 amide bonds. The number of hydrazine groups is 1. The molecule has 0 unspecified atom stereocenters. The number of alkyl halides is 3. The molecule has 1 aromatic heterocycles. The molecule has 1 rings (SSSR count). The predicted octanol–water partition coefficient (Wildman–Crippen LogP) is 2.26. The smallest absolute Gasteiger partial charge is 0.280 e. The molecule has 0 bridgehead atoms. The lowest BCUT2D eigenvalue weighted by molar-refractivity contribution is -0.173. The van der Waals surface area contributed by atoms with Crippen LogP contribution in [0.25, 0.3) is 0 Å². The van der Waals surface area contributed by atoms with Crippen molar-refractivity contribution in [2.45, 2.75) is 25.9 Å². The van der Waals surface area contributed by atoms with Crippen molar-refractivity contribution in [2.24, 2.45) is 0 Å². The molecule has 18 heavy (non-hydrogen) atoms. The molecule has 0 atom stereocenters. The molecule has 0 spiro atoms. The van der Waals surface area contributed by atoms with Crippen LogP contribution in [0.5, 0.6) is 0 Å². The van der Waals surface area contributed by atoms with Gasteiger partial charge in [0.1, 0.15) is 0 Å². The Labute approximate surface area is 106 Å². The minimum absolute atomic E-state index is 0.0202. The summed E-state index contributed by atoms with van der Waals surface area (Å²) < 4.78 is 35.7. The first-order valence-corrected chi connectivity index (χ1v) is 5.26. The predicted molar refractivity (Wildman–Crippen MR) is 59.0 cm³/mol. The van der Waals surface area contributed by atoms with Crippen molar-refractivity contribution >= 4 is 23.3 Å². The SMILES string of the molecule is CC(C)c1cc(NNC(=O)C(F)(F)F)nnc1Cl. The molecule has 0 radical (unpaired) electrons. The van der Waals surface area contributed by atoms with Gasteiger partial charge in [0.15, 0.2) is 11.0 Å². The Balaban J connectivity index is 2.75. The van der Waals surface area contributed by atoms with E-state index in [0.29, 0.717) is 5.56 Å². The van der Waals surface area contributed by atoms with Crippen LogP contribution in [0.2, 0.25) is 5.15 Å². The van der Waals surface area contributed by atoms with E-state index in [9.17, 15) is 18.0 Å². The molecular weight excluding hydrogens is 273 g/mol. The molecule has 100 valence electrons. The molecule has 2 N–H and O–H groups in total. The average molecular weight is 283 g/mol. The van der Waals surface area contributed by atoms with Crippen LogP contribution in [0.15, 0.2) is 6.07 Å². The van der Waals surface area contributed by atoms with Gasteiger partial charge in [-0.3, -0.25) is 15.6 Å². The van der Waals surface area contributed by atoms with Crippen molar-refractivity contribution in [2.75, 3.05) is 5.43 Å². The topological polar surface area (TPSA) is 66.9 Å². The Kier molecular flexibility index (Phi) is 4.33. The van der Waals surface area contributed by atoms with Crippen molar-refractivity contribution in [1.29, 1.82) is 0 Å². The standard InChI is InChI=1S/C9H10ClF3N4O/c1-4(2)5-3-6(14-16-7(5)10)15-17-8(18)9(11,12)13/h3-4H,1-2H3,(H,14,15)(H,17,18). The highest BCUT2D eigenvalue weighted by atomic mass is 35.5. The number of nitrogens with one attached hydrogen (secondary N) is 2. The third-order valence-corrected chi connectivity index (χ3v) is 2.25. The number of anilines is 1. The number of carbonyl (C=O) groups excluding carboxylic acids is 1. The van der Waals surface area contributed by atoms with Gasteiger partial charge in [0.25, 0.3) is 0 Å². The molecule has 0 aliphatic heterocycles. The molecule has 0 aliphatic rings. The molecule has 0 saturated heterocycles. The summed E-state index contributed by atoms with van der Waals surface area (Å²) in [5.41, 5.74) is 4.09. The fourth-order valence-electron chi connectivity index (χ4n) is 1.05. The van der Waals surface area contributed by atoms with Crippen LogP contribution in [0.1, 0.15) is 25.3 Å². The molecular formula is C9H10ClF3N4O. The maximum absolute atomic E-state index is 11.9. The third kappa shape index (κ3) is 3.73. The summed E-state index contributed by atoms with van der Waals surface area (Å²) in [6.07, 6.45) is -4.96. The summed E-state index contributed by atoms with van der Waals surface area (Å²) in [7, 11) is 0. The Hall–Kier alpha value is -1.57. The maximum Gasteiger partial charge on any atom is 0.472 e. The van der Waals surface area contributed by atoms with Gasteiger partial charge in [-0.25, -0.2) is 0 Å². The first-order valence-electron chi connectivity index (χ1n) is 4.88. The minimum atomic E-state index is -4.96. The summed E-state index contributed by atoms with van der Waals surface area (Å²) in [5.74, 6) is -2.13. The van der Waals surface area contributed by atoms with E-state index < -0.39 is 12.1 Å². The number of rotatable bonds is 3. The van der Waals surface area contributed by atoms with E-state index in [1.165, 1.54) is 11.5 Å². The fraction of sp³-hybridized carbons (Fsp3) is 0.444. The summed E-state index contributed by atoms with van der Waals surface area (Å²) in [6, 6.07) is 1.41. The zero-order valence-corrected chi connectivity index (χ0v) is 10.2. The molecule has 1 aromatic rings. The number of aromatic nitrogens is 2. The van der Waals surface area contributed by atoms with Crippen molar-refractivity contribution in [1.82, 2.24) is 15.6 Å². The zero-order valence-electron chi connectivity index (χ0n) is 9.47. The van der Waals surface area contributed by atoms with Gasteiger partial charge < -0.3 is 0 Å². The number of nitrogens with zero attached hydrogens (tertiary/aromatic N) is 2. The van der Waals surface area contributed by atoms with Gasteiger partial charge in [-0.15, -0.1) is 10.2 Å². The number of halogens is 4. The van der Waals surface area contributed by atoms with E-state index >= 15 is 0 Å². The van der Waals surface area contributed by atoms with Gasteiger partial charge in [-0.05, 0) is 17.5 Å². The summed E-state index contributed by atoms with van der Waals surface area (Å²) in [6.45, 7) is 3.67. The van der Waals surface area contributed by atoms with Gasteiger partial charge in [-0.1, -0.05) is 25.4 Å². The van der Waals surface area contributed by atoms with Crippen LogP contribution in [0.4, 0.5) is 19.0 Å². The number of hydrogen-bond donors (Lipinski definition) is 2. The molecule has 9 heteroatoms. The normalized spacial score (nSPS) is 11.5. The Morgan fingerprint density at radius 3 is 2.50 bits per heavy atom. The highest BCUT2D eigenvalue weighted by molar-refractivity contribution is 6.30. The second-order valence-corrected chi connectivity index (χ2v) is 4.07. The van der Waals surface area contributed by atoms with Gasteiger partial charge in [0.2, 0.25) is 0 Å². The van der Waals surface area contributed by atoms with Crippen LogP contribution < -0.4 is 10.9 Å². The van der Waals surface area contributed by atoms with Gasteiger partial charge in [-0.2, -0.15) is 13.2 Å². The maximum atomic E-state index is 11.9. The third-order valence-electron chi connectivity index (χ3n) is 1.96. The van der Waals surface area contributed by atoms with E-state index in [0.717, 1.165) is 0 Å². The molecule has 0 aromatic carbocycles. The molecule has 1 heterocycles. The first-order chi connectivity index (χ1) is 8.21. The average Bonchev–Trinajstić information content (AvgIpc) is 2.25. The lowest BCUT2D eigenvalue weighted by atomic mass is 10.1. The second kappa shape index (κ2) is 5.38. The minimum Gasteiger partial charge on any atom is -0.280 e. The van der Waals surface area contributed by atoms with Gasteiger partial charge in [0, 0.05) is 0 Å². The second-order valence-electron chi connectivity index (χ2n) is 3.71. The fourth-order valence-corrected chi connectivity index (χ4v) is 1.36. The summed E-state index contributed by atoms with van der Waals surface area (Å²) in [5, 5.41) is 7.23. The molecule has 5 nitrogen and oxygen atoms in total. The highest BCUT2D eigenvalue weighted by Gasteiger charge is 2.38. The lowest BCUT2D eigenvalue weighted by Crippen LogP contribution is -2.40. The number of amides is 1. The van der Waals surface area contributed by atoms with Crippen LogP contribution in [-0.4, -0.2) is 22.3 Å². The van der Waals surface area contributed by atoms with Crippen LogP contribution in [-0.2, 0) is 4.79 Å². The molecule has 0 fully saturated rings. The summed E-state index contributed by atoms with van der Waals surface area (Å²) >= 11 is 5.76. The van der Waals surface area contributed by atoms with E-state index in [2.05, 4.69) is 10.2 Å². The molecule has 0 saturated carbocycles. The van der Waals surface area contributed by atoms with E-state index in [1.807, 2.05) is 19.3 Å². The Morgan fingerprint density at radius 2 is 2.00 bits per heavy atom. The number of hydrogen-bond acceptors (Lipinski definition) is 4.